The Hall–Kier alpha value is -3.61. The number of carbonyl (C=O) groups is 1. The first-order valence-electron chi connectivity index (χ1n) is 9.98. The van der Waals surface area contributed by atoms with Crippen molar-refractivity contribution in [1.29, 1.82) is 0 Å². The summed E-state index contributed by atoms with van der Waals surface area (Å²) in [5.74, 6) is -0.987. The number of pyridine rings is 1. The molecule has 10 nitrogen and oxygen atoms in total. The third-order valence-electron chi connectivity index (χ3n) is 5.14. The van der Waals surface area contributed by atoms with Crippen LogP contribution in [0.25, 0.3) is 22.0 Å². The smallest absolute Gasteiger partial charge is 0.282 e. The second-order valence-electron chi connectivity index (χ2n) is 7.69. The summed E-state index contributed by atoms with van der Waals surface area (Å²) in [4.78, 5) is 28.2. The number of anilines is 1. The highest BCUT2D eigenvalue weighted by Gasteiger charge is 2.28. The Morgan fingerprint density at radius 2 is 1.77 bits per heavy atom. The highest BCUT2D eigenvalue weighted by Crippen LogP contribution is 2.34. The van der Waals surface area contributed by atoms with Crippen LogP contribution in [0.1, 0.15) is 10.5 Å². The highest BCUT2D eigenvalue weighted by molar-refractivity contribution is 7.92. The number of hydrogen-bond acceptors (Lipinski definition) is 6. The zero-order valence-corrected chi connectivity index (χ0v) is 20.8. The molecule has 0 saturated heterocycles. The Bertz CT molecular complexity index is 1760. The van der Waals surface area contributed by atoms with Crippen LogP contribution in [-0.2, 0) is 27.1 Å². The standard InChI is InChI=1S/C22H19ClN4O6S2/c1-27-18-9-8-13(23)11-17(18)19(16-7-4-10-24-21(16)28)20(27)22(29)26-35(32,33)15-6-3-5-14(12-15)25-34(2,30)31/h3-12,25H,1-2H3,(H,24,28)(H,26,29). The molecule has 2 heterocycles. The Morgan fingerprint density at radius 3 is 2.46 bits per heavy atom. The van der Waals surface area contributed by atoms with Gasteiger partial charge in [-0.25, -0.2) is 21.6 Å². The lowest BCUT2D eigenvalue weighted by Gasteiger charge is -2.11. The van der Waals surface area contributed by atoms with Gasteiger partial charge in [-0.05, 0) is 48.5 Å². The Balaban J connectivity index is 1.84. The van der Waals surface area contributed by atoms with Gasteiger partial charge in [-0.3, -0.25) is 14.3 Å². The van der Waals surface area contributed by atoms with Crippen LogP contribution in [0.5, 0.6) is 0 Å². The number of hydrogen-bond donors (Lipinski definition) is 3. The van der Waals surface area contributed by atoms with Crippen molar-refractivity contribution in [2.24, 2.45) is 7.05 Å². The molecule has 1 amide bonds. The highest BCUT2D eigenvalue weighted by atomic mass is 35.5. The van der Waals surface area contributed by atoms with Crippen molar-refractivity contribution >= 4 is 54.1 Å². The van der Waals surface area contributed by atoms with Gasteiger partial charge in [0, 0.05) is 46.0 Å². The summed E-state index contributed by atoms with van der Waals surface area (Å²) in [5.41, 5.74) is 0.381. The van der Waals surface area contributed by atoms with Crippen LogP contribution in [0.3, 0.4) is 0 Å². The molecule has 35 heavy (non-hydrogen) atoms. The van der Waals surface area contributed by atoms with Crippen molar-refractivity contribution in [3.8, 4) is 11.1 Å². The molecule has 182 valence electrons. The quantitative estimate of drug-likeness (QED) is 0.346. The number of halogens is 1. The first-order valence-corrected chi connectivity index (χ1v) is 13.7. The molecule has 0 radical (unpaired) electrons. The minimum atomic E-state index is -4.42. The zero-order valence-electron chi connectivity index (χ0n) is 18.4. The fourth-order valence-electron chi connectivity index (χ4n) is 3.74. The normalized spacial score (nSPS) is 12.0. The largest absolute Gasteiger partial charge is 0.339 e. The summed E-state index contributed by atoms with van der Waals surface area (Å²) in [7, 11) is -6.50. The summed E-state index contributed by atoms with van der Waals surface area (Å²) in [6, 6.07) is 13.0. The molecule has 0 aliphatic rings. The van der Waals surface area contributed by atoms with E-state index in [2.05, 4.69) is 9.71 Å². The van der Waals surface area contributed by atoms with E-state index in [1.807, 2.05) is 4.72 Å². The number of benzene rings is 2. The maximum absolute atomic E-state index is 13.4. The number of nitrogens with one attached hydrogen (secondary N) is 3. The van der Waals surface area contributed by atoms with E-state index in [9.17, 15) is 26.4 Å². The van der Waals surface area contributed by atoms with Crippen LogP contribution in [-0.4, -0.2) is 38.5 Å². The van der Waals surface area contributed by atoms with Crippen LogP contribution < -0.4 is 15.0 Å². The summed E-state index contributed by atoms with van der Waals surface area (Å²) in [6.45, 7) is 0. The molecule has 0 saturated carbocycles. The third kappa shape index (κ3) is 4.94. The molecule has 0 bridgehead atoms. The lowest BCUT2D eigenvalue weighted by Crippen LogP contribution is -2.32. The predicted octanol–water partition coefficient (Wildman–Crippen LogP) is 2.68. The molecule has 0 aliphatic carbocycles. The van der Waals surface area contributed by atoms with Gasteiger partial charge in [0.05, 0.1) is 11.2 Å². The lowest BCUT2D eigenvalue weighted by molar-refractivity contribution is 0.0974. The average molecular weight is 535 g/mol. The number of carbonyl (C=O) groups excluding carboxylic acids is 1. The number of H-pyrrole nitrogens is 1. The number of aryl methyl sites for hydroxylation is 1. The van der Waals surface area contributed by atoms with E-state index in [0.29, 0.717) is 15.9 Å². The van der Waals surface area contributed by atoms with Crippen molar-refractivity contribution in [2.45, 2.75) is 4.90 Å². The van der Waals surface area contributed by atoms with Gasteiger partial charge in [-0.15, -0.1) is 0 Å². The van der Waals surface area contributed by atoms with Crippen LogP contribution in [0.15, 0.2) is 70.5 Å². The predicted molar refractivity (Wildman–Crippen MR) is 134 cm³/mol. The summed E-state index contributed by atoms with van der Waals surface area (Å²) >= 11 is 6.17. The van der Waals surface area contributed by atoms with Gasteiger partial charge < -0.3 is 9.55 Å². The lowest BCUT2D eigenvalue weighted by atomic mass is 10.0. The minimum Gasteiger partial charge on any atom is -0.339 e. The SMILES string of the molecule is Cn1c(C(=O)NS(=O)(=O)c2cccc(NS(C)(=O)=O)c2)c(-c2ccc[nH]c2=O)c2cc(Cl)ccc21. The van der Waals surface area contributed by atoms with Crippen molar-refractivity contribution < 1.29 is 21.6 Å². The maximum Gasteiger partial charge on any atom is 0.282 e. The molecule has 3 N–H and O–H groups in total. The summed E-state index contributed by atoms with van der Waals surface area (Å²) in [6.07, 6.45) is 2.36. The number of sulfonamides is 2. The Kier molecular flexibility index (Phi) is 6.21. The van der Waals surface area contributed by atoms with Gasteiger partial charge in [0.25, 0.3) is 21.5 Å². The summed E-state index contributed by atoms with van der Waals surface area (Å²) < 4.78 is 54.7. The molecule has 0 spiro atoms. The second kappa shape index (κ2) is 8.87. The molecule has 4 aromatic rings. The third-order valence-corrected chi connectivity index (χ3v) is 7.31. The van der Waals surface area contributed by atoms with E-state index in [4.69, 9.17) is 11.6 Å². The number of nitrogens with zero attached hydrogens (tertiary/aromatic N) is 1. The van der Waals surface area contributed by atoms with Crippen molar-refractivity contribution in [3.63, 3.8) is 0 Å². The molecule has 2 aromatic heterocycles. The molecular weight excluding hydrogens is 516 g/mol. The summed E-state index contributed by atoms with van der Waals surface area (Å²) in [5, 5.41) is 0.852. The van der Waals surface area contributed by atoms with Gasteiger partial charge in [0.15, 0.2) is 0 Å². The topological polar surface area (TPSA) is 147 Å². The molecule has 13 heteroatoms. The van der Waals surface area contributed by atoms with E-state index >= 15 is 0 Å². The number of aromatic nitrogens is 2. The van der Waals surface area contributed by atoms with Gasteiger partial charge in [0.1, 0.15) is 5.69 Å². The number of aromatic amines is 1. The fourth-order valence-corrected chi connectivity index (χ4v) is 5.47. The monoisotopic (exact) mass is 534 g/mol. The molecule has 0 aliphatic heterocycles. The minimum absolute atomic E-state index is 0.0126. The maximum atomic E-state index is 13.4. The molecule has 0 fully saturated rings. The number of fused-ring (bicyclic) bond motifs is 1. The van der Waals surface area contributed by atoms with E-state index in [1.165, 1.54) is 35.0 Å². The Morgan fingerprint density at radius 1 is 1.03 bits per heavy atom. The molecule has 0 unspecified atom stereocenters. The van der Waals surface area contributed by atoms with Crippen LogP contribution >= 0.6 is 11.6 Å². The van der Waals surface area contributed by atoms with Crippen LogP contribution in [0, 0.1) is 0 Å². The molecule has 4 rings (SSSR count). The second-order valence-corrected chi connectivity index (χ2v) is 11.6. The fraction of sp³-hybridized carbons (Fsp3) is 0.0909. The van der Waals surface area contributed by atoms with E-state index in [1.54, 1.807) is 31.3 Å². The van der Waals surface area contributed by atoms with E-state index < -0.39 is 31.5 Å². The number of rotatable bonds is 6. The van der Waals surface area contributed by atoms with Gasteiger partial charge in [-0.1, -0.05) is 17.7 Å². The van der Waals surface area contributed by atoms with Gasteiger partial charge in [-0.2, -0.15) is 0 Å². The first-order chi connectivity index (χ1) is 16.4. The van der Waals surface area contributed by atoms with Crippen molar-refractivity contribution in [3.05, 3.63) is 81.9 Å². The molecule has 0 atom stereocenters. The van der Waals surface area contributed by atoms with Gasteiger partial charge in [0.2, 0.25) is 10.0 Å². The van der Waals surface area contributed by atoms with Crippen molar-refractivity contribution in [1.82, 2.24) is 14.3 Å². The van der Waals surface area contributed by atoms with Gasteiger partial charge >= 0.3 is 0 Å². The Labute approximate surface area is 205 Å². The molecular formula is C22H19ClN4O6S2. The first kappa shape index (κ1) is 24.5. The van der Waals surface area contributed by atoms with Crippen molar-refractivity contribution in [2.75, 3.05) is 11.0 Å². The van der Waals surface area contributed by atoms with E-state index in [0.717, 1.165) is 12.3 Å². The average Bonchev–Trinajstić information content (AvgIpc) is 3.04. The van der Waals surface area contributed by atoms with Crippen LogP contribution in [0.2, 0.25) is 5.02 Å². The van der Waals surface area contributed by atoms with Crippen LogP contribution in [0.4, 0.5) is 5.69 Å². The number of amides is 1. The zero-order chi connectivity index (χ0) is 25.5. The van der Waals surface area contributed by atoms with E-state index in [-0.39, 0.29) is 27.4 Å². The molecule has 2 aromatic carbocycles.